The van der Waals surface area contributed by atoms with Crippen LogP contribution >= 0.6 is 11.6 Å². The molecule has 7 heteroatoms. The molecule has 0 spiro atoms. The zero-order chi connectivity index (χ0) is 19.8. The molecule has 152 valence electrons. The lowest BCUT2D eigenvalue weighted by Crippen LogP contribution is -2.34. The van der Waals surface area contributed by atoms with E-state index >= 15 is 0 Å². The van der Waals surface area contributed by atoms with Crippen molar-refractivity contribution in [1.82, 2.24) is 20.4 Å². The predicted molar refractivity (Wildman–Crippen MR) is 110 cm³/mol. The summed E-state index contributed by atoms with van der Waals surface area (Å²) in [6.07, 6.45) is 5.56. The molecule has 2 heterocycles. The molecular formula is C21H29ClN4O2. The second kappa shape index (κ2) is 10.6. The summed E-state index contributed by atoms with van der Waals surface area (Å²) in [5.74, 6) is 1.88. The first-order valence-corrected chi connectivity index (χ1v) is 10.6. The van der Waals surface area contributed by atoms with Crippen LogP contribution in [0.2, 0.25) is 5.02 Å². The third kappa shape index (κ3) is 6.60. The number of likely N-dealkylation sites (tertiary alicyclic amines) is 1. The van der Waals surface area contributed by atoms with Gasteiger partial charge >= 0.3 is 0 Å². The van der Waals surface area contributed by atoms with Crippen LogP contribution in [-0.4, -0.2) is 47.1 Å². The van der Waals surface area contributed by atoms with Gasteiger partial charge in [-0.25, -0.2) is 0 Å². The molecule has 1 aromatic heterocycles. The lowest BCUT2D eigenvalue weighted by molar-refractivity contribution is -0.121. The Labute approximate surface area is 171 Å². The van der Waals surface area contributed by atoms with Crippen LogP contribution in [0.5, 0.6) is 0 Å². The number of carbonyl (C=O) groups excluding carboxylic acids is 1. The van der Waals surface area contributed by atoms with Crippen LogP contribution in [0.15, 0.2) is 28.8 Å². The minimum atomic E-state index is 0.0260. The van der Waals surface area contributed by atoms with Crippen LogP contribution in [0.3, 0.4) is 0 Å². The molecule has 0 atom stereocenters. The first-order chi connectivity index (χ1) is 13.6. The number of aromatic nitrogens is 2. The van der Waals surface area contributed by atoms with Crippen molar-refractivity contribution in [2.45, 2.75) is 45.4 Å². The lowest BCUT2D eigenvalue weighted by Gasteiger charge is -2.30. The van der Waals surface area contributed by atoms with Gasteiger partial charge < -0.3 is 14.7 Å². The third-order valence-corrected chi connectivity index (χ3v) is 5.49. The van der Waals surface area contributed by atoms with Crippen molar-refractivity contribution in [3.8, 4) is 11.4 Å². The summed E-state index contributed by atoms with van der Waals surface area (Å²) in [6, 6.07) is 7.25. The highest BCUT2D eigenvalue weighted by Gasteiger charge is 2.15. The van der Waals surface area contributed by atoms with Crippen molar-refractivity contribution in [2.24, 2.45) is 5.92 Å². The number of halogens is 1. The fraction of sp³-hybridized carbons (Fsp3) is 0.571. The predicted octanol–water partition coefficient (Wildman–Crippen LogP) is 3.95. The molecule has 6 nitrogen and oxygen atoms in total. The third-order valence-electron chi connectivity index (χ3n) is 5.24. The van der Waals surface area contributed by atoms with E-state index in [1.54, 1.807) is 12.1 Å². The van der Waals surface area contributed by atoms with Crippen molar-refractivity contribution in [1.29, 1.82) is 0 Å². The molecule has 0 saturated carbocycles. The number of hydrogen-bond donors (Lipinski definition) is 1. The first kappa shape index (κ1) is 20.8. The second-order valence-corrected chi connectivity index (χ2v) is 8.04. The van der Waals surface area contributed by atoms with Crippen LogP contribution < -0.4 is 5.32 Å². The van der Waals surface area contributed by atoms with Gasteiger partial charge in [-0.3, -0.25) is 4.79 Å². The topological polar surface area (TPSA) is 71.3 Å². The van der Waals surface area contributed by atoms with Gasteiger partial charge in [0.25, 0.3) is 0 Å². The standard InChI is InChI=1S/C21H29ClN4O2/c1-16-10-14-26(15-11-16)13-3-2-12-23-19(27)8-9-20-24-21(25-28-20)17-4-6-18(22)7-5-17/h4-7,16H,2-3,8-15H2,1H3,(H,23,27). The molecule has 0 bridgehead atoms. The minimum Gasteiger partial charge on any atom is -0.356 e. The summed E-state index contributed by atoms with van der Waals surface area (Å²) in [7, 11) is 0. The van der Waals surface area contributed by atoms with Gasteiger partial charge in [0.1, 0.15) is 0 Å². The number of amides is 1. The van der Waals surface area contributed by atoms with Gasteiger partial charge in [-0.2, -0.15) is 4.98 Å². The Bertz CT molecular complexity index is 739. The summed E-state index contributed by atoms with van der Waals surface area (Å²) in [6.45, 7) is 6.63. The van der Waals surface area contributed by atoms with Crippen molar-refractivity contribution < 1.29 is 9.32 Å². The Hall–Kier alpha value is -1.92. The van der Waals surface area contributed by atoms with E-state index in [0.29, 0.717) is 29.6 Å². The Morgan fingerprint density at radius 2 is 2.00 bits per heavy atom. The van der Waals surface area contributed by atoms with E-state index in [0.717, 1.165) is 37.4 Å². The summed E-state index contributed by atoms with van der Waals surface area (Å²) in [4.78, 5) is 18.9. The molecular weight excluding hydrogens is 376 g/mol. The highest BCUT2D eigenvalue weighted by Crippen LogP contribution is 2.19. The van der Waals surface area contributed by atoms with Crippen molar-refractivity contribution >= 4 is 17.5 Å². The first-order valence-electron chi connectivity index (χ1n) is 10.2. The Morgan fingerprint density at radius 1 is 1.25 bits per heavy atom. The van der Waals surface area contributed by atoms with E-state index in [1.807, 2.05) is 12.1 Å². The van der Waals surface area contributed by atoms with E-state index in [-0.39, 0.29) is 5.91 Å². The van der Waals surface area contributed by atoms with Crippen molar-refractivity contribution in [3.05, 3.63) is 35.2 Å². The lowest BCUT2D eigenvalue weighted by atomic mass is 9.99. The number of rotatable bonds is 9. The fourth-order valence-electron chi connectivity index (χ4n) is 3.36. The van der Waals surface area contributed by atoms with Gasteiger partial charge in [-0.15, -0.1) is 0 Å². The Morgan fingerprint density at radius 3 is 2.75 bits per heavy atom. The van der Waals surface area contributed by atoms with Gasteiger partial charge in [-0.05, 0) is 75.5 Å². The molecule has 1 aliphatic rings. The Kier molecular flexibility index (Phi) is 7.86. The summed E-state index contributed by atoms with van der Waals surface area (Å²) in [5.41, 5.74) is 0.840. The molecule has 2 aromatic rings. The number of hydrogen-bond acceptors (Lipinski definition) is 5. The summed E-state index contributed by atoms with van der Waals surface area (Å²) < 4.78 is 5.24. The summed E-state index contributed by atoms with van der Waals surface area (Å²) in [5, 5.41) is 7.61. The number of nitrogens with zero attached hydrogens (tertiary/aromatic N) is 3. The Balaban J connectivity index is 1.29. The summed E-state index contributed by atoms with van der Waals surface area (Å²) >= 11 is 5.88. The van der Waals surface area contributed by atoms with Crippen molar-refractivity contribution in [3.63, 3.8) is 0 Å². The van der Waals surface area contributed by atoms with E-state index < -0.39 is 0 Å². The molecule has 0 unspecified atom stereocenters. The molecule has 3 rings (SSSR count). The molecule has 28 heavy (non-hydrogen) atoms. The van der Waals surface area contributed by atoms with Gasteiger partial charge in [0.05, 0.1) is 0 Å². The van der Waals surface area contributed by atoms with E-state index in [9.17, 15) is 4.79 Å². The number of carbonyl (C=O) groups is 1. The molecule has 1 saturated heterocycles. The number of aryl methyl sites for hydroxylation is 1. The van der Waals surface area contributed by atoms with E-state index in [4.69, 9.17) is 16.1 Å². The maximum Gasteiger partial charge on any atom is 0.227 e. The zero-order valence-corrected chi connectivity index (χ0v) is 17.2. The molecule has 1 aromatic carbocycles. The largest absolute Gasteiger partial charge is 0.356 e. The number of piperidine rings is 1. The molecule has 1 fully saturated rings. The molecule has 1 amide bonds. The van der Waals surface area contributed by atoms with Gasteiger partial charge in [0, 0.05) is 30.0 Å². The van der Waals surface area contributed by atoms with Crippen LogP contribution in [-0.2, 0) is 11.2 Å². The van der Waals surface area contributed by atoms with Gasteiger partial charge in [0.15, 0.2) is 0 Å². The van der Waals surface area contributed by atoms with E-state index in [1.165, 1.54) is 25.9 Å². The second-order valence-electron chi connectivity index (χ2n) is 7.60. The average Bonchev–Trinajstić information content (AvgIpc) is 3.17. The highest BCUT2D eigenvalue weighted by molar-refractivity contribution is 6.30. The van der Waals surface area contributed by atoms with Crippen LogP contribution in [0.1, 0.15) is 44.9 Å². The van der Waals surface area contributed by atoms with E-state index in [2.05, 4.69) is 27.3 Å². The SMILES string of the molecule is CC1CCN(CCCCNC(=O)CCc2nc(-c3ccc(Cl)cc3)no2)CC1. The maximum atomic E-state index is 12.0. The normalized spacial score (nSPS) is 15.6. The molecule has 1 N–H and O–H groups in total. The monoisotopic (exact) mass is 404 g/mol. The molecule has 0 aliphatic carbocycles. The van der Waals surface area contributed by atoms with Crippen LogP contribution in [0, 0.1) is 5.92 Å². The van der Waals surface area contributed by atoms with Gasteiger partial charge in [0.2, 0.25) is 17.6 Å². The fourth-order valence-corrected chi connectivity index (χ4v) is 3.48. The van der Waals surface area contributed by atoms with Gasteiger partial charge in [-0.1, -0.05) is 23.7 Å². The highest BCUT2D eigenvalue weighted by atomic mass is 35.5. The van der Waals surface area contributed by atoms with Crippen molar-refractivity contribution in [2.75, 3.05) is 26.2 Å². The molecule has 0 radical (unpaired) electrons. The number of benzene rings is 1. The van der Waals surface area contributed by atoms with Crippen LogP contribution in [0.25, 0.3) is 11.4 Å². The average molecular weight is 405 g/mol. The van der Waals surface area contributed by atoms with Crippen LogP contribution in [0.4, 0.5) is 0 Å². The quantitative estimate of drug-likeness (QED) is 0.640. The minimum absolute atomic E-state index is 0.0260. The smallest absolute Gasteiger partial charge is 0.227 e. The molecule has 1 aliphatic heterocycles. The maximum absolute atomic E-state index is 12.0. The zero-order valence-electron chi connectivity index (χ0n) is 16.5. The number of nitrogens with one attached hydrogen (secondary N) is 1. The number of unbranched alkanes of at least 4 members (excludes halogenated alkanes) is 1.